The van der Waals surface area contributed by atoms with Crippen LogP contribution in [-0.4, -0.2) is 30.6 Å². The Kier molecular flexibility index (Phi) is 5.09. The van der Waals surface area contributed by atoms with E-state index in [0.717, 1.165) is 10.7 Å². The van der Waals surface area contributed by atoms with Crippen LogP contribution in [0.1, 0.15) is 16.1 Å². The molecule has 0 aliphatic heterocycles. The summed E-state index contributed by atoms with van der Waals surface area (Å²) in [4.78, 5) is 12.1. The maximum Gasteiger partial charge on any atom is 0.256 e. The van der Waals surface area contributed by atoms with E-state index in [-0.39, 0.29) is 5.91 Å². The van der Waals surface area contributed by atoms with Gasteiger partial charge in [-0.3, -0.25) is 4.79 Å². The molecule has 1 amide bonds. The summed E-state index contributed by atoms with van der Waals surface area (Å²) in [6, 6.07) is 8.88. The highest BCUT2D eigenvalue weighted by atomic mass is 32.1. The number of hydrogen-bond donors (Lipinski definition) is 1. The highest BCUT2D eigenvalue weighted by Crippen LogP contribution is 2.18. The van der Waals surface area contributed by atoms with Crippen LogP contribution in [0.3, 0.4) is 0 Å². The number of nitrogens with zero attached hydrogens (tertiary/aromatic N) is 1. The van der Waals surface area contributed by atoms with Crippen LogP contribution in [0.2, 0.25) is 0 Å². The van der Waals surface area contributed by atoms with Crippen LogP contribution in [-0.2, 0) is 4.74 Å². The van der Waals surface area contributed by atoms with Crippen molar-refractivity contribution in [3.8, 4) is 5.75 Å². The van der Waals surface area contributed by atoms with Gasteiger partial charge in [-0.05, 0) is 42.7 Å². The van der Waals surface area contributed by atoms with E-state index in [0.29, 0.717) is 24.5 Å². The van der Waals surface area contributed by atoms with Crippen LogP contribution in [0.25, 0.3) is 0 Å². The van der Waals surface area contributed by atoms with E-state index in [1.807, 2.05) is 19.1 Å². The van der Waals surface area contributed by atoms with Gasteiger partial charge in [0.15, 0.2) is 0 Å². The van der Waals surface area contributed by atoms with Gasteiger partial charge in [-0.1, -0.05) is 6.07 Å². The molecule has 0 bridgehead atoms. The van der Waals surface area contributed by atoms with E-state index in [4.69, 9.17) is 9.47 Å². The van der Waals surface area contributed by atoms with E-state index in [1.54, 1.807) is 25.3 Å². The molecular formula is C14H16N2O3S. The predicted molar refractivity (Wildman–Crippen MR) is 78.6 cm³/mol. The molecule has 0 radical (unpaired) electrons. The number of ether oxygens (including phenoxy) is 2. The molecule has 0 unspecified atom stereocenters. The standard InChI is InChI=1S/C14H16N2O3S/c1-10-8-13(20-16-10)15-14(17)11-4-3-5-12(9-11)19-7-6-18-2/h3-5,8-9H,6-7H2,1-2H3,(H,15,17). The molecule has 6 heteroatoms. The van der Waals surface area contributed by atoms with Crippen molar-refractivity contribution in [3.63, 3.8) is 0 Å². The van der Waals surface area contributed by atoms with Crippen LogP contribution in [0.5, 0.6) is 5.75 Å². The summed E-state index contributed by atoms with van der Waals surface area (Å²) in [5.41, 5.74) is 1.44. The lowest BCUT2D eigenvalue weighted by Crippen LogP contribution is -2.11. The third-order valence-electron chi connectivity index (χ3n) is 2.52. The number of aromatic nitrogens is 1. The van der Waals surface area contributed by atoms with E-state index in [1.165, 1.54) is 11.5 Å². The zero-order chi connectivity index (χ0) is 14.4. The first-order valence-corrected chi connectivity index (χ1v) is 6.93. The van der Waals surface area contributed by atoms with Gasteiger partial charge >= 0.3 is 0 Å². The quantitative estimate of drug-likeness (QED) is 0.832. The maximum absolute atomic E-state index is 12.1. The van der Waals surface area contributed by atoms with Crippen LogP contribution >= 0.6 is 11.5 Å². The van der Waals surface area contributed by atoms with Crippen molar-refractivity contribution in [1.29, 1.82) is 0 Å². The first kappa shape index (κ1) is 14.5. The van der Waals surface area contributed by atoms with Crippen LogP contribution in [0.15, 0.2) is 30.3 Å². The number of carbonyl (C=O) groups is 1. The number of amides is 1. The number of methoxy groups -OCH3 is 1. The molecular weight excluding hydrogens is 276 g/mol. The van der Waals surface area contributed by atoms with Gasteiger partial charge in [0.25, 0.3) is 5.91 Å². The van der Waals surface area contributed by atoms with Crippen molar-refractivity contribution >= 4 is 22.4 Å². The Morgan fingerprint density at radius 2 is 2.20 bits per heavy atom. The number of anilines is 1. The zero-order valence-electron chi connectivity index (χ0n) is 11.4. The Balaban J connectivity index is 2.00. The highest BCUT2D eigenvalue weighted by molar-refractivity contribution is 7.10. The number of carbonyl (C=O) groups excluding carboxylic acids is 1. The number of hydrogen-bond acceptors (Lipinski definition) is 5. The number of nitrogens with one attached hydrogen (secondary N) is 1. The third kappa shape index (κ3) is 4.04. The van der Waals surface area contributed by atoms with Crippen molar-refractivity contribution in [1.82, 2.24) is 4.37 Å². The van der Waals surface area contributed by atoms with E-state index in [2.05, 4.69) is 9.69 Å². The maximum atomic E-state index is 12.1. The van der Waals surface area contributed by atoms with Crippen LogP contribution in [0, 0.1) is 6.92 Å². The second-order valence-electron chi connectivity index (χ2n) is 4.16. The van der Waals surface area contributed by atoms with Gasteiger partial charge in [0.1, 0.15) is 17.4 Å². The Labute approximate surface area is 121 Å². The number of rotatable bonds is 6. The second-order valence-corrected chi connectivity index (χ2v) is 4.96. The van der Waals surface area contributed by atoms with Crippen molar-refractivity contribution in [3.05, 3.63) is 41.6 Å². The molecule has 106 valence electrons. The summed E-state index contributed by atoms with van der Waals surface area (Å²) >= 11 is 1.26. The first-order chi connectivity index (χ1) is 9.69. The summed E-state index contributed by atoms with van der Waals surface area (Å²) < 4.78 is 14.5. The zero-order valence-corrected chi connectivity index (χ0v) is 12.2. The normalized spacial score (nSPS) is 10.3. The molecule has 2 aromatic rings. The fourth-order valence-electron chi connectivity index (χ4n) is 1.58. The molecule has 2 rings (SSSR count). The fraction of sp³-hybridized carbons (Fsp3) is 0.286. The van der Waals surface area contributed by atoms with E-state index >= 15 is 0 Å². The molecule has 0 aliphatic carbocycles. The van der Waals surface area contributed by atoms with Crippen molar-refractivity contribution in [2.75, 3.05) is 25.6 Å². The SMILES string of the molecule is COCCOc1cccc(C(=O)Nc2cc(C)ns2)c1. The number of benzene rings is 1. The van der Waals surface area contributed by atoms with Crippen molar-refractivity contribution in [2.24, 2.45) is 0 Å². The lowest BCUT2D eigenvalue weighted by atomic mass is 10.2. The first-order valence-electron chi connectivity index (χ1n) is 6.15. The molecule has 0 fully saturated rings. The van der Waals surface area contributed by atoms with Gasteiger partial charge in [0, 0.05) is 12.7 Å². The van der Waals surface area contributed by atoms with Gasteiger partial charge < -0.3 is 14.8 Å². The Bertz CT molecular complexity index is 583. The van der Waals surface area contributed by atoms with Gasteiger partial charge in [0.05, 0.1) is 12.3 Å². The Morgan fingerprint density at radius 1 is 1.35 bits per heavy atom. The van der Waals surface area contributed by atoms with E-state index in [9.17, 15) is 4.79 Å². The average molecular weight is 292 g/mol. The summed E-state index contributed by atoms with van der Waals surface area (Å²) in [5, 5.41) is 3.54. The topological polar surface area (TPSA) is 60.5 Å². The summed E-state index contributed by atoms with van der Waals surface area (Å²) in [7, 11) is 1.62. The van der Waals surface area contributed by atoms with E-state index < -0.39 is 0 Å². The summed E-state index contributed by atoms with van der Waals surface area (Å²) in [6.07, 6.45) is 0. The second kappa shape index (κ2) is 7.02. The molecule has 20 heavy (non-hydrogen) atoms. The molecule has 0 aliphatic rings. The van der Waals surface area contributed by atoms with Crippen molar-refractivity contribution < 1.29 is 14.3 Å². The molecule has 5 nitrogen and oxygen atoms in total. The minimum atomic E-state index is -0.175. The van der Waals surface area contributed by atoms with Crippen molar-refractivity contribution in [2.45, 2.75) is 6.92 Å². The molecule has 0 saturated carbocycles. The monoisotopic (exact) mass is 292 g/mol. The van der Waals surface area contributed by atoms with Gasteiger partial charge in [-0.15, -0.1) is 0 Å². The lowest BCUT2D eigenvalue weighted by Gasteiger charge is -2.07. The molecule has 1 N–H and O–H groups in total. The molecule has 0 spiro atoms. The Morgan fingerprint density at radius 3 is 2.90 bits per heavy atom. The molecule has 0 atom stereocenters. The van der Waals surface area contributed by atoms with Crippen LogP contribution < -0.4 is 10.1 Å². The lowest BCUT2D eigenvalue weighted by molar-refractivity contribution is 0.102. The molecule has 0 saturated heterocycles. The Hall–Kier alpha value is -1.92. The predicted octanol–water partition coefficient (Wildman–Crippen LogP) is 2.73. The summed E-state index contributed by atoms with van der Waals surface area (Å²) in [6.45, 7) is 2.85. The molecule has 1 heterocycles. The average Bonchev–Trinajstić information content (AvgIpc) is 2.85. The van der Waals surface area contributed by atoms with Crippen LogP contribution in [0.4, 0.5) is 5.00 Å². The smallest absolute Gasteiger partial charge is 0.256 e. The van der Waals surface area contributed by atoms with Gasteiger partial charge in [-0.2, -0.15) is 4.37 Å². The van der Waals surface area contributed by atoms with Gasteiger partial charge in [-0.25, -0.2) is 0 Å². The largest absolute Gasteiger partial charge is 0.491 e. The molecule has 1 aromatic heterocycles. The highest BCUT2D eigenvalue weighted by Gasteiger charge is 2.09. The third-order valence-corrected chi connectivity index (χ3v) is 3.31. The minimum absolute atomic E-state index is 0.175. The van der Waals surface area contributed by atoms with Gasteiger partial charge in [0.2, 0.25) is 0 Å². The number of aryl methyl sites for hydroxylation is 1. The minimum Gasteiger partial charge on any atom is -0.491 e. The fourth-order valence-corrected chi connectivity index (χ4v) is 2.23. The molecule has 1 aromatic carbocycles. The summed E-state index contributed by atoms with van der Waals surface area (Å²) in [5.74, 6) is 0.473.